The molecule has 2 rings (SSSR count). The first-order valence-corrected chi connectivity index (χ1v) is 8.07. The molecule has 1 aromatic rings. The molecule has 0 radical (unpaired) electrons. The van der Waals surface area contributed by atoms with E-state index in [0.29, 0.717) is 16.8 Å². The van der Waals surface area contributed by atoms with Gasteiger partial charge in [0.1, 0.15) is 18.1 Å². The molecule has 0 aromatic carbocycles. The Hall–Kier alpha value is -0.850. The smallest absolute Gasteiger partial charge is 0.369 e. The van der Waals surface area contributed by atoms with Gasteiger partial charge in [0.15, 0.2) is 0 Å². The Kier molecular flexibility index (Phi) is 5.46. The predicted octanol–water partition coefficient (Wildman–Crippen LogP) is 4.82. The van der Waals surface area contributed by atoms with E-state index < -0.39 is 12.6 Å². The van der Waals surface area contributed by atoms with E-state index in [-0.39, 0.29) is 11.7 Å². The summed E-state index contributed by atoms with van der Waals surface area (Å²) in [6.07, 6.45) is -0.323. The summed E-state index contributed by atoms with van der Waals surface area (Å²) in [6, 6.07) is 0. The predicted molar refractivity (Wildman–Crippen MR) is 79.5 cm³/mol. The van der Waals surface area contributed by atoms with Crippen molar-refractivity contribution in [2.24, 2.45) is 0 Å². The van der Waals surface area contributed by atoms with Crippen molar-refractivity contribution in [3.8, 4) is 0 Å². The Morgan fingerprint density at radius 3 is 2.48 bits per heavy atom. The van der Waals surface area contributed by atoms with Crippen LogP contribution < -0.4 is 5.32 Å². The zero-order chi connectivity index (χ0) is 15.5. The normalized spacial score (nSPS) is 16.4. The second kappa shape index (κ2) is 6.94. The molecule has 0 atom stereocenters. The summed E-state index contributed by atoms with van der Waals surface area (Å²) >= 11 is 3.47. The van der Waals surface area contributed by atoms with Gasteiger partial charge in [-0.25, -0.2) is 9.97 Å². The van der Waals surface area contributed by atoms with E-state index in [1.807, 2.05) is 6.92 Å². The molecule has 1 aliphatic carbocycles. The fourth-order valence-corrected chi connectivity index (χ4v) is 3.24. The fourth-order valence-electron chi connectivity index (χ4n) is 2.60. The molecule has 1 heterocycles. The van der Waals surface area contributed by atoms with Gasteiger partial charge in [0, 0.05) is 12.5 Å². The van der Waals surface area contributed by atoms with E-state index in [2.05, 4.69) is 31.2 Å². The number of hydrogen-bond donors (Lipinski definition) is 1. The minimum Gasteiger partial charge on any atom is -0.369 e. The number of aromatic nitrogens is 2. The summed E-state index contributed by atoms with van der Waals surface area (Å²) in [5, 5.41) is 3.09. The lowest BCUT2D eigenvalue weighted by Gasteiger charge is -2.17. The zero-order valence-electron chi connectivity index (χ0n) is 11.9. The molecule has 1 N–H and O–H groups in total. The Morgan fingerprint density at radius 1 is 1.24 bits per heavy atom. The lowest BCUT2D eigenvalue weighted by atomic mass is 10.0. The first kappa shape index (κ1) is 16.5. The van der Waals surface area contributed by atoms with Crippen LogP contribution in [-0.4, -0.2) is 22.7 Å². The number of halogens is 4. The highest BCUT2D eigenvalue weighted by Gasteiger charge is 2.31. The van der Waals surface area contributed by atoms with Gasteiger partial charge in [0.2, 0.25) is 0 Å². The maximum absolute atomic E-state index is 12.6. The van der Waals surface area contributed by atoms with Gasteiger partial charge >= 0.3 is 6.18 Å². The Labute approximate surface area is 130 Å². The molecular formula is C14H19BrF3N3. The molecule has 0 bridgehead atoms. The maximum atomic E-state index is 12.6. The van der Waals surface area contributed by atoms with Crippen LogP contribution in [0, 0.1) is 0 Å². The summed E-state index contributed by atoms with van der Waals surface area (Å²) in [5.74, 6) is 0.565. The SMILES string of the molecule is CCCNc1nc(CC(F)(F)F)nc(C2CCCC2)c1Br. The van der Waals surface area contributed by atoms with Crippen molar-refractivity contribution in [1.29, 1.82) is 0 Å². The van der Waals surface area contributed by atoms with Crippen LogP contribution in [0.2, 0.25) is 0 Å². The van der Waals surface area contributed by atoms with Crippen molar-refractivity contribution in [3.63, 3.8) is 0 Å². The van der Waals surface area contributed by atoms with Crippen LogP contribution in [-0.2, 0) is 6.42 Å². The van der Waals surface area contributed by atoms with Gasteiger partial charge in [-0.05, 0) is 35.2 Å². The van der Waals surface area contributed by atoms with Crippen molar-refractivity contribution >= 4 is 21.7 Å². The first-order chi connectivity index (χ1) is 9.90. The second-order valence-electron chi connectivity index (χ2n) is 5.39. The van der Waals surface area contributed by atoms with Crippen LogP contribution in [0.15, 0.2) is 4.47 Å². The third-order valence-corrected chi connectivity index (χ3v) is 4.35. The monoisotopic (exact) mass is 365 g/mol. The molecule has 1 aromatic heterocycles. The summed E-state index contributed by atoms with van der Waals surface area (Å²) in [7, 11) is 0. The largest absolute Gasteiger partial charge is 0.396 e. The van der Waals surface area contributed by atoms with Gasteiger partial charge in [-0.15, -0.1) is 0 Å². The molecule has 3 nitrogen and oxygen atoms in total. The number of nitrogens with zero attached hydrogens (tertiary/aromatic N) is 2. The quantitative estimate of drug-likeness (QED) is 0.812. The van der Waals surface area contributed by atoms with Crippen molar-refractivity contribution in [2.45, 2.75) is 57.5 Å². The number of hydrogen-bond acceptors (Lipinski definition) is 3. The molecular weight excluding hydrogens is 347 g/mol. The number of rotatable bonds is 5. The van der Waals surface area contributed by atoms with E-state index in [9.17, 15) is 13.2 Å². The Morgan fingerprint density at radius 2 is 1.90 bits per heavy atom. The van der Waals surface area contributed by atoms with E-state index in [1.165, 1.54) is 0 Å². The number of alkyl halides is 3. The molecule has 1 aliphatic rings. The minimum atomic E-state index is -4.29. The number of nitrogens with one attached hydrogen (secondary N) is 1. The van der Waals surface area contributed by atoms with E-state index in [0.717, 1.165) is 37.8 Å². The van der Waals surface area contributed by atoms with Gasteiger partial charge in [-0.1, -0.05) is 19.8 Å². The zero-order valence-corrected chi connectivity index (χ0v) is 13.5. The topological polar surface area (TPSA) is 37.8 Å². The van der Waals surface area contributed by atoms with E-state index in [1.54, 1.807) is 0 Å². The minimum absolute atomic E-state index is 0.147. The van der Waals surface area contributed by atoms with Gasteiger partial charge in [-0.3, -0.25) is 0 Å². The maximum Gasteiger partial charge on any atom is 0.396 e. The molecule has 118 valence electrons. The first-order valence-electron chi connectivity index (χ1n) is 7.27. The highest BCUT2D eigenvalue weighted by molar-refractivity contribution is 9.10. The summed E-state index contributed by atoms with van der Waals surface area (Å²) in [5.41, 5.74) is 0.723. The van der Waals surface area contributed by atoms with Crippen molar-refractivity contribution < 1.29 is 13.2 Å². The standard InChI is InChI=1S/C14H19BrF3N3/c1-2-7-19-13-11(15)12(9-5-3-4-6-9)20-10(21-13)8-14(16,17)18/h9H,2-8H2,1H3,(H,19,20,21). The van der Waals surface area contributed by atoms with Crippen LogP contribution in [0.1, 0.15) is 56.5 Å². The molecule has 21 heavy (non-hydrogen) atoms. The fraction of sp³-hybridized carbons (Fsp3) is 0.714. The van der Waals surface area contributed by atoms with Crippen LogP contribution in [0.4, 0.5) is 19.0 Å². The molecule has 0 saturated heterocycles. The van der Waals surface area contributed by atoms with Crippen molar-refractivity contribution in [3.05, 3.63) is 16.0 Å². The average Bonchev–Trinajstić information content (AvgIpc) is 2.91. The van der Waals surface area contributed by atoms with E-state index >= 15 is 0 Å². The molecule has 1 fully saturated rings. The van der Waals surface area contributed by atoms with Gasteiger partial charge in [0.25, 0.3) is 0 Å². The van der Waals surface area contributed by atoms with Crippen LogP contribution in [0.5, 0.6) is 0 Å². The third-order valence-electron chi connectivity index (χ3n) is 3.57. The van der Waals surface area contributed by atoms with Crippen molar-refractivity contribution in [2.75, 3.05) is 11.9 Å². The lowest BCUT2D eigenvalue weighted by molar-refractivity contribution is -0.128. The Balaban J connectivity index is 2.34. The molecule has 0 amide bonds. The molecule has 1 saturated carbocycles. The summed E-state index contributed by atoms with van der Waals surface area (Å²) < 4.78 is 38.6. The van der Waals surface area contributed by atoms with Crippen LogP contribution in [0.3, 0.4) is 0 Å². The lowest BCUT2D eigenvalue weighted by Crippen LogP contribution is -2.17. The van der Waals surface area contributed by atoms with Crippen molar-refractivity contribution in [1.82, 2.24) is 9.97 Å². The second-order valence-corrected chi connectivity index (χ2v) is 6.18. The molecule has 0 unspecified atom stereocenters. The molecule has 7 heteroatoms. The van der Waals surface area contributed by atoms with E-state index in [4.69, 9.17) is 0 Å². The number of anilines is 1. The average molecular weight is 366 g/mol. The van der Waals surface area contributed by atoms with Gasteiger partial charge < -0.3 is 5.32 Å². The van der Waals surface area contributed by atoms with Crippen LogP contribution >= 0.6 is 15.9 Å². The third kappa shape index (κ3) is 4.56. The van der Waals surface area contributed by atoms with Gasteiger partial charge in [-0.2, -0.15) is 13.2 Å². The summed E-state index contributed by atoms with van der Waals surface area (Å²) in [6.45, 7) is 2.67. The Bertz CT molecular complexity index is 485. The van der Waals surface area contributed by atoms with Gasteiger partial charge in [0.05, 0.1) is 10.2 Å². The van der Waals surface area contributed by atoms with Crippen LogP contribution in [0.25, 0.3) is 0 Å². The highest BCUT2D eigenvalue weighted by atomic mass is 79.9. The molecule has 0 spiro atoms. The highest BCUT2D eigenvalue weighted by Crippen LogP contribution is 2.39. The summed E-state index contributed by atoms with van der Waals surface area (Å²) in [4.78, 5) is 8.23. The molecule has 0 aliphatic heterocycles.